The minimum Gasteiger partial charge on any atom is -0.456 e. The van der Waals surface area contributed by atoms with Crippen LogP contribution in [0.3, 0.4) is 0 Å². The summed E-state index contributed by atoms with van der Waals surface area (Å²) in [4.78, 5) is 14.7. The molecule has 0 unspecified atom stereocenters. The van der Waals surface area contributed by atoms with Crippen LogP contribution in [0, 0.1) is 0 Å². The van der Waals surface area contributed by atoms with Gasteiger partial charge < -0.3 is 13.4 Å². The Morgan fingerprint density at radius 3 is 1.96 bits per heavy atom. The average molecular weight is 736 g/mol. The van der Waals surface area contributed by atoms with Crippen molar-refractivity contribution in [1.29, 1.82) is 0 Å². The third kappa shape index (κ3) is 5.01. The third-order valence-corrected chi connectivity index (χ3v) is 10.8. The number of hydrogen-bond acceptors (Lipinski definition) is 5. The summed E-state index contributed by atoms with van der Waals surface area (Å²) in [6, 6.07) is 48.5. The van der Waals surface area contributed by atoms with Crippen molar-refractivity contribution in [1.82, 2.24) is 19.5 Å². The molecule has 0 radical (unpaired) electrons. The molecule has 12 aromatic rings. The van der Waals surface area contributed by atoms with E-state index in [1.165, 1.54) is 0 Å². The summed E-state index contributed by atoms with van der Waals surface area (Å²) in [7, 11) is 0. The fourth-order valence-electron chi connectivity index (χ4n) is 8.17. The molecule has 8 aromatic carbocycles. The highest BCUT2D eigenvalue weighted by Crippen LogP contribution is 2.40. The summed E-state index contributed by atoms with van der Waals surface area (Å²) in [6.07, 6.45) is 0. The van der Waals surface area contributed by atoms with Gasteiger partial charge in [-0.05, 0) is 65.7 Å². The molecule has 6 nitrogen and oxygen atoms in total. The van der Waals surface area contributed by atoms with Gasteiger partial charge in [-0.1, -0.05) is 121 Å². The summed E-state index contributed by atoms with van der Waals surface area (Å²) in [5, 5.41) is 5.79. The van der Waals surface area contributed by atoms with Crippen molar-refractivity contribution < 1.29 is 15.7 Å². The molecule has 0 spiro atoms. The highest BCUT2D eigenvalue weighted by molar-refractivity contribution is 6.14. The molecule has 0 aliphatic rings. The smallest absolute Gasteiger partial charge is 0.164 e. The molecule has 0 aliphatic heterocycles. The Hall–Kier alpha value is -7.83. The second-order valence-corrected chi connectivity index (χ2v) is 14.0. The van der Waals surface area contributed by atoms with E-state index in [1.54, 1.807) is 0 Å². The van der Waals surface area contributed by atoms with E-state index in [2.05, 4.69) is 83.4 Å². The Balaban J connectivity index is 1.05. The third-order valence-electron chi connectivity index (χ3n) is 10.8. The lowest BCUT2D eigenvalue weighted by Gasteiger charge is -2.10. The van der Waals surface area contributed by atoms with Crippen LogP contribution >= 0.6 is 0 Å². The fourth-order valence-corrected chi connectivity index (χ4v) is 8.17. The number of rotatable bonds is 5. The van der Waals surface area contributed by atoms with Crippen LogP contribution in [0.5, 0.6) is 0 Å². The first-order valence-electron chi connectivity index (χ1n) is 21.1. The summed E-state index contributed by atoms with van der Waals surface area (Å²) in [6.45, 7) is 0. The molecular weight excluding hydrogens is 701 g/mol. The summed E-state index contributed by atoms with van der Waals surface area (Å²) in [5.41, 5.74) is 9.13. The van der Waals surface area contributed by atoms with Gasteiger partial charge in [-0.25, -0.2) is 15.0 Å². The topological polar surface area (TPSA) is 69.9 Å². The fraction of sp³-hybridized carbons (Fsp3) is 0. The van der Waals surface area contributed by atoms with Gasteiger partial charge in [-0.3, -0.25) is 0 Å². The van der Waals surface area contributed by atoms with Gasteiger partial charge in [0.25, 0.3) is 0 Å². The van der Waals surface area contributed by atoms with Gasteiger partial charge in [-0.15, -0.1) is 0 Å². The van der Waals surface area contributed by atoms with E-state index in [0.29, 0.717) is 27.9 Å². The second kappa shape index (κ2) is 12.3. The molecule has 12 rings (SSSR count). The molecule has 0 fully saturated rings. The minimum atomic E-state index is -0.500. The van der Waals surface area contributed by atoms with Crippen molar-refractivity contribution in [3.63, 3.8) is 0 Å². The number of para-hydroxylation sites is 2. The largest absolute Gasteiger partial charge is 0.456 e. The van der Waals surface area contributed by atoms with Crippen LogP contribution in [0.15, 0.2) is 191 Å². The number of aromatic nitrogens is 4. The highest BCUT2D eigenvalue weighted by Gasteiger charge is 2.20. The zero-order valence-electron chi connectivity index (χ0n) is 35.0. The van der Waals surface area contributed by atoms with E-state index in [1.807, 2.05) is 72.8 Å². The molecule has 0 bridgehead atoms. The molecule has 0 N–H and O–H groups in total. The van der Waals surface area contributed by atoms with Crippen molar-refractivity contribution >= 4 is 65.7 Å². The monoisotopic (exact) mass is 735 g/mol. The predicted octanol–water partition coefficient (Wildman–Crippen LogP) is 13.4. The van der Waals surface area contributed by atoms with Gasteiger partial charge in [0.05, 0.1) is 17.9 Å². The molecular formula is C51H30N4O2. The van der Waals surface area contributed by atoms with Gasteiger partial charge in [0.1, 0.15) is 22.3 Å². The van der Waals surface area contributed by atoms with Crippen LogP contribution in [0.25, 0.3) is 117 Å². The first kappa shape index (κ1) is 26.9. The van der Waals surface area contributed by atoms with Gasteiger partial charge in [0.2, 0.25) is 0 Å². The summed E-state index contributed by atoms with van der Waals surface area (Å²) < 4.78 is 57.9. The summed E-state index contributed by atoms with van der Waals surface area (Å²) in [5.74, 6) is 0.434. The van der Waals surface area contributed by atoms with E-state index in [4.69, 9.17) is 30.6 Å². The van der Waals surface area contributed by atoms with E-state index in [-0.39, 0.29) is 23.0 Å². The zero-order valence-corrected chi connectivity index (χ0v) is 30.0. The number of furan rings is 2. The Labute approximate surface area is 332 Å². The van der Waals surface area contributed by atoms with Crippen molar-refractivity contribution in [3.8, 4) is 51.0 Å². The number of fused-ring (bicyclic) bond motifs is 9. The predicted molar refractivity (Wildman–Crippen MR) is 230 cm³/mol. The maximum absolute atomic E-state index is 8.83. The number of hydrogen-bond donors (Lipinski definition) is 0. The van der Waals surface area contributed by atoms with E-state index >= 15 is 0 Å². The normalized spacial score (nSPS) is 13.1. The van der Waals surface area contributed by atoms with Crippen molar-refractivity contribution in [2.45, 2.75) is 0 Å². The molecule has 57 heavy (non-hydrogen) atoms. The molecule has 0 atom stereocenters. The first-order chi connectivity index (χ1) is 30.3. The Morgan fingerprint density at radius 1 is 0.404 bits per heavy atom. The second-order valence-electron chi connectivity index (χ2n) is 14.0. The van der Waals surface area contributed by atoms with Gasteiger partial charge >= 0.3 is 0 Å². The van der Waals surface area contributed by atoms with Crippen molar-refractivity contribution in [2.24, 2.45) is 0 Å². The lowest BCUT2D eigenvalue weighted by atomic mass is 10.0. The number of benzene rings is 8. The summed E-state index contributed by atoms with van der Waals surface area (Å²) >= 11 is 0. The van der Waals surface area contributed by atoms with Crippen LogP contribution in [0.2, 0.25) is 0 Å². The molecule has 6 heteroatoms. The van der Waals surface area contributed by atoms with Gasteiger partial charge in [-0.2, -0.15) is 0 Å². The lowest BCUT2D eigenvalue weighted by molar-refractivity contribution is 0.668. The molecule has 4 aromatic heterocycles. The van der Waals surface area contributed by atoms with Gasteiger partial charge in [0, 0.05) is 60.8 Å². The van der Waals surface area contributed by atoms with Crippen LogP contribution in [0.4, 0.5) is 0 Å². The van der Waals surface area contributed by atoms with E-state index < -0.39 is 30.2 Å². The maximum Gasteiger partial charge on any atom is 0.164 e. The average Bonchev–Trinajstić information content (AvgIpc) is 3.99. The number of nitrogens with zero attached hydrogens (tertiary/aromatic N) is 4. The molecule has 0 amide bonds. The van der Waals surface area contributed by atoms with Gasteiger partial charge in [0.15, 0.2) is 17.5 Å². The Bertz CT molecular complexity index is 3810. The van der Waals surface area contributed by atoms with Crippen LogP contribution in [-0.2, 0) is 0 Å². The zero-order chi connectivity index (χ0) is 41.8. The lowest BCUT2D eigenvalue weighted by Crippen LogP contribution is -2.00. The van der Waals surface area contributed by atoms with Crippen LogP contribution < -0.4 is 0 Å². The SMILES string of the molecule is [2H]c1c([2H])c([2H])c(-c2nc(-c3ccc4c(c3)oc3ccccc34)nc(-c3cccc4oc5cc(-n6c7ccccc7c7cc(-c8ccccc8)ccc76)ccc5c34)n2)c([2H])c1[2H]. The van der Waals surface area contributed by atoms with Crippen LogP contribution in [0.1, 0.15) is 6.85 Å². The molecule has 0 saturated carbocycles. The Kier molecular flexibility index (Phi) is 5.82. The quantitative estimate of drug-likeness (QED) is 0.176. The highest BCUT2D eigenvalue weighted by atomic mass is 16.3. The molecule has 0 aliphatic carbocycles. The minimum absolute atomic E-state index is 0.0550. The molecule has 0 saturated heterocycles. The van der Waals surface area contributed by atoms with Crippen LogP contribution in [-0.4, -0.2) is 19.5 Å². The maximum atomic E-state index is 8.83. The Morgan fingerprint density at radius 2 is 1.07 bits per heavy atom. The van der Waals surface area contributed by atoms with E-state index in [9.17, 15) is 0 Å². The molecule has 4 heterocycles. The van der Waals surface area contributed by atoms with Crippen molar-refractivity contribution in [2.75, 3.05) is 0 Å². The van der Waals surface area contributed by atoms with Crippen molar-refractivity contribution in [3.05, 3.63) is 182 Å². The van der Waals surface area contributed by atoms with E-state index in [0.717, 1.165) is 65.7 Å². The molecule has 266 valence electrons. The standard InChI is InChI=1S/C51H30N4O2/c1-3-12-31(13-4-1)33-23-27-43-41(28-33)36-16-7-9-19-42(36)55(43)35-24-26-39-47(30-35)57-45-21-11-18-40(48(39)45)51-53-49(32-14-5-2-6-15-32)52-50(54-51)34-22-25-38-37-17-8-10-20-44(37)56-46(38)29-34/h1-30H/i2D,5D,6D,14D,15D. The first-order valence-corrected chi connectivity index (χ1v) is 18.6.